The normalized spacial score (nSPS) is 7.33. The van der Waals surface area contributed by atoms with Gasteiger partial charge in [0.15, 0.2) is 0 Å². The van der Waals surface area contributed by atoms with E-state index in [9.17, 15) is 0 Å². The molecule has 0 spiro atoms. The van der Waals surface area contributed by atoms with Crippen LogP contribution in [0.5, 0.6) is 0 Å². The minimum atomic E-state index is 0. The first-order chi connectivity index (χ1) is 3.77. The molecule has 0 saturated heterocycles. The first kappa shape index (κ1) is 12.4. The minimum absolute atomic E-state index is 0. The van der Waals surface area contributed by atoms with Crippen LogP contribution in [0.25, 0.3) is 0 Å². The van der Waals surface area contributed by atoms with Gasteiger partial charge in [-0.25, -0.2) is 0 Å². The molecule has 9 heavy (non-hydrogen) atoms. The summed E-state index contributed by atoms with van der Waals surface area (Å²) in [5.74, 6) is 0. The summed E-state index contributed by atoms with van der Waals surface area (Å²) in [5.41, 5.74) is 0. The van der Waals surface area contributed by atoms with Crippen LogP contribution in [0.4, 0.5) is 0 Å². The van der Waals surface area contributed by atoms with Crippen LogP contribution in [-0.2, 0) is 21.1 Å². The minimum Gasteiger partial charge on any atom is -0.103 e. The fourth-order valence-corrected chi connectivity index (χ4v) is 0.529. The van der Waals surface area contributed by atoms with Crippen molar-refractivity contribution in [1.29, 1.82) is 0 Å². The van der Waals surface area contributed by atoms with E-state index in [2.05, 4.69) is 6.58 Å². The second kappa shape index (κ2) is 8.75. The first-order valence-corrected chi connectivity index (χ1v) is 3.15. The number of hydrogen-bond donors (Lipinski definition) is 0. The van der Waals surface area contributed by atoms with E-state index in [-0.39, 0.29) is 21.1 Å². The molecule has 3 heteroatoms. The van der Waals surface area contributed by atoms with Crippen LogP contribution < -0.4 is 0 Å². The Kier molecular flexibility index (Phi) is 12.1. The topological polar surface area (TPSA) is 0 Å². The van der Waals surface area contributed by atoms with E-state index < -0.39 is 0 Å². The average molecular weight is 346 g/mol. The summed E-state index contributed by atoms with van der Waals surface area (Å²) in [6.45, 7) is 3.54. The zero-order valence-corrected chi connectivity index (χ0v) is 8.63. The molecule has 0 nitrogen and oxygen atoms in total. The first-order valence-electron chi connectivity index (χ1n) is 2.39. The predicted octanol–water partition coefficient (Wildman–Crippen LogP) is 3.27. The van der Waals surface area contributed by atoms with Crippen molar-refractivity contribution in [1.82, 2.24) is 0 Å². The Hall–Kier alpha value is 0.748. The largest absolute Gasteiger partial charge is 0.103 e. The van der Waals surface area contributed by atoms with E-state index in [0.29, 0.717) is 4.49 Å². The van der Waals surface area contributed by atoms with Crippen molar-refractivity contribution in [2.45, 2.75) is 12.8 Å². The molecule has 0 rings (SSSR count). The second-order valence-corrected chi connectivity index (χ2v) is 2.37. The Morgan fingerprint density at radius 2 is 1.89 bits per heavy atom. The standard InChI is InChI=1S/C6H8Cl2.Pt/c1-2-3-4-5-6(7)8;/h2,5H,1,3-4H2;. The summed E-state index contributed by atoms with van der Waals surface area (Å²) >= 11 is 10.6. The van der Waals surface area contributed by atoms with Gasteiger partial charge in [0.2, 0.25) is 0 Å². The fraction of sp³-hybridized carbons (Fsp3) is 0.333. The van der Waals surface area contributed by atoms with Crippen molar-refractivity contribution < 1.29 is 21.1 Å². The summed E-state index contributed by atoms with van der Waals surface area (Å²) in [6.07, 6.45) is 5.40. The summed E-state index contributed by atoms with van der Waals surface area (Å²) in [6, 6.07) is 0. The maximum Gasteiger partial charge on any atom is 0.102 e. The molecule has 0 fully saturated rings. The Morgan fingerprint density at radius 1 is 1.33 bits per heavy atom. The number of halogens is 2. The van der Waals surface area contributed by atoms with Crippen molar-refractivity contribution in [3.63, 3.8) is 0 Å². The molecule has 0 unspecified atom stereocenters. The van der Waals surface area contributed by atoms with E-state index in [1.807, 2.05) is 6.08 Å². The maximum atomic E-state index is 5.31. The number of hydrogen-bond acceptors (Lipinski definition) is 0. The van der Waals surface area contributed by atoms with E-state index >= 15 is 0 Å². The van der Waals surface area contributed by atoms with Crippen molar-refractivity contribution in [3.05, 3.63) is 23.2 Å². The Labute approximate surface area is 80.2 Å². The van der Waals surface area contributed by atoms with E-state index in [4.69, 9.17) is 23.2 Å². The molecule has 0 bridgehead atoms. The quantitative estimate of drug-likeness (QED) is 0.544. The van der Waals surface area contributed by atoms with Gasteiger partial charge in [-0.3, -0.25) is 0 Å². The molecule has 56 valence electrons. The van der Waals surface area contributed by atoms with E-state index in [1.165, 1.54) is 0 Å². The smallest absolute Gasteiger partial charge is 0.102 e. The fourth-order valence-electron chi connectivity index (χ4n) is 0.310. The third-order valence-electron chi connectivity index (χ3n) is 0.669. The Balaban J connectivity index is 0. The zero-order valence-electron chi connectivity index (χ0n) is 4.85. The van der Waals surface area contributed by atoms with Crippen LogP contribution in [0.3, 0.4) is 0 Å². The van der Waals surface area contributed by atoms with Gasteiger partial charge in [0, 0.05) is 21.1 Å². The molecule has 0 amide bonds. The van der Waals surface area contributed by atoms with Crippen molar-refractivity contribution in [2.24, 2.45) is 0 Å². The van der Waals surface area contributed by atoms with Crippen LogP contribution in [0.2, 0.25) is 0 Å². The van der Waals surface area contributed by atoms with Gasteiger partial charge in [-0.2, -0.15) is 0 Å². The molecule has 0 aromatic carbocycles. The molecule has 0 saturated carbocycles. The summed E-state index contributed by atoms with van der Waals surface area (Å²) in [7, 11) is 0. The Morgan fingerprint density at radius 3 is 2.22 bits per heavy atom. The average Bonchev–Trinajstić information content (AvgIpc) is 1.66. The molecule has 0 aliphatic heterocycles. The molecule has 0 radical (unpaired) electrons. The SMILES string of the molecule is C=CCCC=C(Cl)Cl.[Pt]. The van der Waals surface area contributed by atoms with Gasteiger partial charge in [0.25, 0.3) is 0 Å². The van der Waals surface area contributed by atoms with Gasteiger partial charge in [-0.15, -0.1) is 6.58 Å². The van der Waals surface area contributed by atoms with Gasteiger partial charge in [0.05, 0.1) is 0 Å². The number of unbranched alkanes of at least 4 members (excludes halogenated alkanes) is 1. The van der Waals surface area contributed by atoms with Gasteiger partial charge in [-0.1, -0.05) is 35.4 Å². The molecular weight excluding hydrogens is 338 g/mol. The van der Waals surface area contributed by atoms with Crippen molar-refractivity contribution in [2.75, 3.05) is 0 Å². The molecule has 0 atom stereocenters. The molecule has 0 aromatic rings. The summed E-state index contributed by atoms with van der Waals surface area (Å²) < 4.78 is 0.340. The molecule has 0 heterocycles. The van der Waals surface area contributed by atoms with E-state index in [1.54, 1.807) is 6.08 Å². The van der Waals surface area contributed by atoms with Gasteiger partial charge in [-0.05, 0) is 12.8 Å². The van der Waals surface area contributed by atoms with Crippen LogP contribution >= 0.6 is 23.2 Å². The summed E-state index contributed by atoms with van der Waals surface area (Å²) in [5, 5.41) is 0. The van der Waals surface area contributed by atoms with Crippen LogP contribution in [0.1, 0.15) is 12.8 Å². The maximum absolute atomic E-state index is 5.31. The molecular formula is C6H8Cl2Pt. The zero-order chi connectivity index (χ0) is 6.41. The van der Waals surface area contributed by atoms with Crippen molar-refractivity contribution in [3.8, 4) is 0 Å². The molecule has 0 N–H and O–H groups in total. The second-order valence-electron chi connectivity index (χ2n) is 1.36. The predicted molar refractivity (Wildman–Crippen MR) is 39.2 cm³/mol. The number of allylic oxidation sites excluding steroid dienone is 2. The van der Waals surface area contributed by atoms with Crippen LogP contribution in [0.15, 0.2) is 23.2 Å². The van der Waals surface area contributed by atoms with Gasteiger partial charge in [0.1, 0.15) is 4.49 Å². The Bertz CT molecular complexity index is 95.2. The third kappa shape index (κ3) is 12.1. The van der Waals surface area contributed by atoms with Crippen molar-refractivity contribution >= 4 is 23.2 Å². The summed E-state index contributed by atoms with van der Waals surface area (Å²) in [4.78, 5) is 0. The number of rotatable bonds is 3. The monoisotopic (exact) mass is 345 g/mol. The van der Waals surface area contributed by atoms with Gasteiger partial charge >= 0.3 is 0 Å². The third-order valence-corrected chi connectivity index (χ3v) is 0.978. The molecule has 0 aliphatic rings. The molecule has 0 aromatic heterocycles. The van der Waals surface area contributed by atoms with Crippen LogP contribution in [0, 0.1) is 0 Å². The van der Waals surface area contributed by atoms with Gasteiger partial charge < -0.3 is 0 Å². The van der Waals surface area contributed by atoms with Crippen LogP contribution in [-0.4, -0.2) is 0 Å². The van der Waals surface area contributed by atoms with E-state index in [0.717, 1.165) is 12.8 Å². The molecule has 0 aliphatic carbocycles.